The maximum atomic E-state index is 5.62. The molecule has 2 rings (SSSR count). The lowest BCUT2D eigenvalue weighted by atomic mass is 10.0. The van der Waals surface area contributed by atoms with Gasteiger partial charge < -0.3 is 19.5 Å². The minimum atomic E-state index is -0.627. The summed E-state index contributed by atoms with van der Waals surface area (Å²) in [6, 6.07) is 14.4. The van der Waals surface area contributed by atoms with Crippen molar-refractivity contribution in [3.63, 3.8) is 0 Å². The fourth-order valence-electron chi connectivity index (χ4n) is 2.90. The lowest BCUT2D eigenvalue weighted by Crippen LogP contribution is -2.31. The van der Waals surface area contributed by atoms with Crippen molar-refractivity contribution in [3.05, 3.63) is 42.5 Å². The van der Waals surface area contributed by atoms with Crippen LogP contribution in [-0.4, -0.2) is 71.4 Å². The molecular weight excluding hydrogens is 431 g/mol. The number of methoxy groups -OCH3 is 2. The van der Waals surface area contributed by atoms with E-state index in [4.69, 9.17) is 9.47 Å². The maximum absolute atomic E-state index is 5.62. The third-order valence-electron chi connectivity index (χ3n) is 4.68. The van der Waals surface area contributed by atoms with Gasteiger partial charge in [0.2, 0.25) is 0 Å². The number of nitrogens with one attached hydrogen (secondary N) is 1. The second-order valence-corrected chi connectivity index (χ2v) is 11.3. The summed E-state index contributed by atoms with van der Waals surface area (Å²) in [7, 11) is 15.2. The van der Waals surface area contributed by atoms with Crippen LogP contribution in [0.2, 0.25) is 0 Å². The Bertz CT molecular complexity index is 782. The van der Waals surface area contributed by atoms with E-state index >= 15 is 0 Å². The minimum Gasteiger partial charge on any atom is -0.497 e. The number of rotatable bonds is 7. The summed E-state index contributed by atoms with van der Waals surface area (Å²) < 4.78 is 17.6. The quantitative estimate of drug-likeness (QED) is 0.479. The Hall–Kier alpha value is -1.85. The van der Waals surface area contributed by atoms with Gasteiger partial charge in [-0.3, -0.25) is 9.34 Å². The SMILES string of the molecule is CC.CNC(C)(C)C.COc1ccc(-c2ccc(OC)c(N(C)P(N(C)C)N(C)C)c2)cc1. The number of hydrogen-bond donors (Lipinski definition) is 1. The molecule has 33 heavy (non-hydrogen) atoms. The minimum absolute atomic E-state index is 0.292. The van der Waals surface area contributed by atoms with Crippen LogP contribution in [0, 0.1) is 0 Å². The molecule has 0 saturated heterocycles. The van der Waals surface area contributed by atoms with Crippen LogP contribution in [0.25, 0.3) is 11.1 Å². The summed E-state index contributed by atoms with van der Waals surface area (Å²) >= 11 is 0. The predicted molar refractivity (Wildman–Crippen MR) is 148 cm³/mol. The molecule has 2 aromatic rings. The highest BCUT2D eigenvalue weighted by Gasteiger charge is 2.23. The fourth-order valence-corrected chi connectivity index (χ4v) is 5.03. The molecule has 0 bridgehead atoms. The van der Waals surface area contributed by atoms with Gasteiger partial charge in [0.25, 0.3) is 0 Å². The van der Waals surface area contributed by atoms with E-state index in [9.17, 15) is 0 Å². The fraction of sp³-hybridized carbons (Fsp3) is 0.538. The van der Waals surface area contributed by atoms with Crippen LogP contribution in [0.3, 0.4) is 0 Å². The van der Waals surface area contributed by atoms with E-state index < -0.39 is 8.37 Å². The lowest BCUT2D eigenvalue weighted by Gasteiger charge is -2.38. The zero-order chi connectivity index (χ0) is 25.8. The molecule has 1 N–H and O–H groups in total. The first kappa shape index (κ1) is 31.1. The maximum Gasteiger partial charge on any atom is 0.148 e. The van der Waals surface area contributed by atoms with Crippen molar-refractivity contribution < 1.29 is 9.47 Å². The van der Waals surface area contributed by atoms with Crippen molar-refractivity contribution in [1.29, 1.82) is 0 Å². The Kier molecular flexibility index (Phi) is 14.3. The average Bonchev–Trinajstić information content (AvgIpc) is 2.79. The van der Waals surface area contributed by atoms with E-state index in [-0.39, 0.29) is 0 Å². The third-order valence-corrected chi connectivity index (χ3v) is 6.87. The molecule has 0 aliphatic heterocycles. The molecule has 188 valence electrons. The third kappa shape index (κ3) is 10.3. The van der Waals surface area contributed by atoms with Crippen molar-refractivity contribution >= 4 is 14.1 Å². The molecule has 6 nitrogen and oxygen atoms in total. The van der Waals surface area contributed by atoms with Crippen molar-refractivity contribution in [2.75, 3.05) is 61.2 Å². The largest absolute Gasteiger partial charge is 0.497 e. The molecule has 0 fully saturated rings. The highest BCUT2D eigenvalue weighted by atomic mass is 31.2. The molecule has 0 atom stereocenters. The van der Waals surface area contributed by atoms with Crippen molar-refractivity contribution in [1.82, 2.24) is 14.7 Å². The van der Waals surface area contributed by atoms with Crippen molar-refractivity contribution in [2.45, 2.75) is 40.2 Å². The van der Waals surface area contributed by atoms with Crippen LogP contribution >= 0.6 is 8.37 Å². The summed E-state index contributed by atoms with van der Waals surface area (Å²) in [5.41, 5.74) is 3.67. The Morgan fingerprint density at radius 1 is 0.758 bits per heavy atom. The number of anilines is 1. The molecule has 0 spiro atoms. The van der Waals surface area contributed by atoms with Gasteiger partial charge in [-0.2, -0.15) is 0 Å². The summed E-state index contributed by atoms with van der Waals surface area (Å²) in [5, 5.41) is 3.10. The molecule has 0 aliphatic rings. The van der Waals surface area contributed by atoms with Crippen LogP contribution in [-0.2, 0) is 0 Å². The Morgan fingerprint density at radius 3 is 1.58 bits per heavy atom. The monoisotopic (exact) mass is 478 g/mol. The van der Waals surface area contributed by atoms with E-state index in [1.54, 1.807) is 14.2 Å². The van der Waals surface area contributed by atoms with Crippen molar-refractivity contribution in [2.24, 2.45) is 0 Å². The number of nitrogens with zero attached hydrogens (tertiary/aromatic N) is 3. The van der Waals surface area contributed by atoms with E-state index in [0.29, 0.717) is 5.54 Å². The molecular formula is C26H47N4O2P. The molecule has 0 saturated carbocycles. The lowest BCUT2D eigenvalue weighted by molar-refractivity contribution is 0.415. The van der Waals surface area contributed by atoms with E-state index in [1.807, 2.05) is 39.1 Å². The first-order chi connectivity index (χ1) is 15.4. The van der Waals surface area contributed by atoms with Crippen LogP contribution in [0.1, 0.15) is 34.6 Å². The molecule has 0 unspecified atom stereocenters. The smallest absolute Gasteiger partial charge is 0.148 e. The van der Waals surface area contributed by atoms with Gasteiger partial charge >= 0.3 is 0 Å². The highest BCUT2D eigenvalue weighted by Crippen LogP contribution is 2.49. The van der Waals surface area contributed by atoms with Gasteiger partial charge in [0.1, 0.15) is 19.9 Å². The number of benzene rings is 2. The summed E-state index contributed by atoms with van der Waals surface area (Å²) in [5.74, 6) is 1.73. The molecule has 2 aromatic carbocycles. The van der Waals surface area contributed by atoms with Gasteiger partial charge in [-0.05, 0) is 91.4 Å². The van der Waals surface area contributed by atoms with Gasteiger partial charge in [-0.15, -0.1) is 0 Å². The van der Waals surface area contributed by atoms with Crippen LogP contribution < -0.4 is 19.5 Å². The van der Waals surface area contributed by atoms with Gasteiger partial charge in [0, 0.05) is 12.6 Å². The Balaban J connectivity index is 0.00000111. The zero-order valence-electron chi connectivity index (χ0n) is 23.1. The first-order valence-electron chi connectivity index (χ1n) is 11.3. The van der Waals surface area contributed by atoms with E-state index in [2.05, 4.69) is 99.6 Å². The summed E-state index contributed by atoms with van der Waals surface area (Å²) in [6.07, 6.45) is 0. The molecule has 0 aromatic heterocycles. The van der Waals surface area contributed by atoms with E-state index in [0.717, 1.165) is 28.3 Å². The van der Waals surface area contributed by atoms with Gasteiger partial charge in [-0.25, -0.2) is 0 Å². The normalized spacial score (nSPS) is 10.9. The van der Waals surface area contributed by atoms with E-state index in [1.165, 1.54) is 0 Å². The standard InChI is InChI=1S/C19H28N3O2P.C5H13N.C2H6/c1-20(2)25(21(3)4)22(5)18-14-16(10-13-19(18)24-7)15-8-11-17(23-6)12-9-15;1-5(2,3)6-4;1-2/h8-14H,1-7H3;6H,1-4H3;1-2H3. The average molecular weight is 479 g/mol. The molecule has 0 heterocycles. The Morgan fingerprint density at radius 2 is 1.21 bits per heavy atom. The topological polar surface area (TPSA) is 40.2 Å². The second-order valence-electron chi connectivity index (χ2n) is 8.60. The van der Waals surface area contributed by atoms with Gasteiger partial charge in [0.15, 0.2) is 0 Å². The van der Waals surface area contributed by atoms with Crippen LogP contribution in [0.4, 0.5) is 5.69 Å². The first-order valence-corrected chi connectivity index (χ1v) is 12.5. The summed E-state index contributed by atoms with van der Waals surface area (Å²) in [6.45, 7) is 10.4. The molecule has 7 heteroatoms. The molecule has 0 aliphatic carbocycles. The second kappa shape index (κ2) is 15.1. The predicted octanol–water partition coefficient (Wildman–Crippen LogP) is 6.19. The number of hydrogen-bond acceptors (Lipinski definition) is 6. The Labute approximate surface area is 204 Å². The van der Waals surface area contributed by atoms with Crippen LogP contribution in [0.5, 0.6) is 11.5 Å². The number of ether oxygens (including phenoxy) is 2. The van der Waals surface area contributed by atoms with Crippen LogP contribution in [0.15, 0.2) is 42.5 Å². The molecule has 0 radical (unpaired) electrons. The van der Waals surface area contributed by atoms with Gasteiger partial charge in [-0.1, -0.05) is 32.0 Å². The van der Waals surface area contributed by atoms with Gasteiger partial charge in [0.05, 0.1) is 19.9 Å². The zero-order valence-corrected chi connectivity index (χ0v) is 24.0. The summed E-state index contributed by atoms with van der Waals surface area (Å²) in [4.78, 5) is 0. The highest BCUT2D eigenvalue weighted by molar-refractivity contribution is 7.54. The van der Waals surface area contributed by atoms with Crippen molar-refractivity contribution in [3.8, 4) is 22.6 Å². The molecule has 0 amide bonds.